The number of aliphatic hydroxyl groups is 1. The first-order valence-electron chi connectivity index (χ1n) is 8.25. The molecule has 0 aromatic carbocycles. The molecule has 6 heteroatoms. The molecule has 1 heterocycles. The van der Waals surface area contributed by atoms with E-state index in [-0.39, 0.29) is 24.5 Å². The van der Waals surface area contributed by atoms with Gasteiger partial charge in [0, 0.05) is 13.1 Å². The number of anilines is 1. The lowest BCUT2D eigenvalue weighted by Gasteiger charge is -2.27. The van der Waals surface area contributed by atoms with Crippen molar-refractivity contribution in [1.82, 2.24) is 15.1 Å². The van der Waals surface area contributed by atoms with E-state index in [1.165, 1.54) is 6.42 Å². The third-order valence-electron chi connectivity index (χ3n) is 4.51. The lowest BCUT2D eigenvalue weighted by atomic mass is 9.86. The number of aromatic nitrogens is 2. The molecule has 0 aliphatic heterocycles. The smallest absolute Gasteiger partial charge is 0.238 e. The standard InChI is InChI=1S/C16H28N4O2/c1-4-20-12(3)16(11(2)19-20)18-15(22)10-17-9-13-7-5-6-8-14(13)21/h13-14,17,21H,4-10H2,1-3H3,(H,18,22)/t13-,14-/m1/s1. The van der Waals surface area contributed by atoms with Crippen molar-refractivity contribution in [2.75, 3.05) is 18.4 Å². The summed E-state index contributed by atoms with van der Waals surface area (Å²) in [5.41, 5.74) is 2.64. The van der Waals surface area contributed by atoms with E-state index in [0.717, 1.165) is 42.9 Å². The predicted octanol–water partition coefficient (Wildman–Crippen LogP) is 1.60. The normalized spacial score (nSPS) is 21.8. The number of nitrogens with zero attached hydrogens (tertiary/aromatic N) is 2. The van der Waals surface area contributed by atoms with Gasteiger partial charge >= 0.3 is 0 Å². The summed E-state index contributed by atoms with van der Waals surface area (Å²) in [6.07, 6.45) is 3.98. The molecule has 1 aliphatic rings. The number of aliphatic hydroxyl groups excluding tert-OH is 1. The molecule has 0 unspecified atom stereocenters. The van der Waals surface area contributed by atoms with E-state index in [0.29, 0.717) is 6.54 Å². The van der Waals surface area contributed by atoms with Crippen LogP contribution in [0, 0.1) is 19.8 Å². The first-order valence-corrected chi connectivity index (χ1v) is 8.25. The Hall–Kier alpha value is -1.40. The fraction of sp³-hybridized carbons (Fsp3) is 0.750. The number of hydrogen-bond acceptors (Lipinski definition) is 4. The maximum Gasteiger partial charge on any atom is 0.238 e. The Balaban J connectivity index is 1.79. The van der Waals surface area contributed by atoms with Crippen LogP contribution in [-0.2, 0) is 11.3 Å². The second kappa shape index (κ2) is 7.74. The van der Waals surface area contributed by atoms with Gasteiger partial charge in [0.1, 0.15) is 0 Å². The highest BCUT2D eigenvalue weighted by atomic mass is 16.3. The fourth-order valence-corrected chi connectivity index (χ4v) is 3.17. The van der Waals surface area contributed by atoms with Gasteiger partial charge in [-0.1, -0.05) is 12.8 Å². The van der Waals surface area contributed by atoms with Crippen LogP contribution in [0.25, 0.3) is 0 Å². The molecule has 1 aliphatic carbocycles. The van der Waals surface area contributed by atoms with Crippen LogP contribution in [0.3, 0.4) is 0 Å². The van der Waals surface area contributed by atoms with E-state index < -0.39 is 0 Å². The summed E-state index contributed by atoms with van der Waals surface area (Å²) >= 11 is 0. The van der Waals surface area contributed by atoms with Crippen molar-refractivity contribution in [2.24, 2.45) is 5.92 Å². The van der Waals surface area contributed by atoms with Gasteiger partial charge in [-0.15, -0.1) is 0 Å². The van der Waals surface area contributed by atoms with Gasteiger partial charge in [-0.3, -0.25) is 9.48 Å². The van der Waals surface area contributed by atoms with Gasteiger partial charge in [0.05, 0.1) is 29.7 Å². The summed E-state index contributed by atoms with van der Waals surface area (Å²) in [7, 11) is 0. The molecule has 0 spiro atoms. The van der Waals surface area contributed by atoms with Crippen LogP contribution in [-0.4, -0.2) is 40.0 Å². The average Bonchev–Trinajstić information content (AvgIpc) is 2.76. The largest absolute Gasteiger partial charge is 0.393 e. The van der Waals surface area contributed by atoms with Gasteiger partial charge in [-0.25, -0.2) is 0 Å². The van der Waals surface area contributed by atoms with Crippen LogP contribution in [0.4, 0.5) is 5.69 Å². The quantitative estimate of drug-likeness (QED) is 0.746. The van der Waals surface area contributed by atoms with Crippen LogP contribution in [0.15, 0.2) is 0 Å². The minimum atomic E-state index is -0.225. The molecule has 22 heavy (non-hydrogen) atoms. The molecule has 2 rings (SSSR count). The van der Waals surface area contributed by atoms with Crippen molar-refractivity contribution in [3.05, 3.63) is 11.4 Å². The average molecular weight is 308 g/mol. The van der Waals surface area contributed by atoms with Crippen LogP contribution in [0.2, 0.25) is 0 Å². The van der Waals surface area contributed by atoms with Crippen molar-refractivity contribution in [3.63, 3.8) is 0 Å². The van der Waals surface area contributed by atoms with Gasteiger partial charge in [-0.2, -0.15) is 5.10 Å². The second-order valence-corrected chi connectivity index (χ2v) is 6.15. The summed E-state index contributed by atoms with van der Waals surface area (Å²) in [6, 6.07) is 0. The monoisotopic (exact) mass is 308 g/mol. The first kappa shape index (κ1) is 17.0. The van der Waals surface area contributed by atoms with Gasteiger partial charge in [0.2, 0.25) is 5.91 Å². The van der Waals surface area contributed by atoms with Gasteiger partial charge in [-0.05, 0) is 39.5 Å². The predicted molar refractivity (Wildman–Crippen MR) is 86.8 cm³/mol. The van der Waals surface area contributed by atoms with E-state index in [4.69, 9.17) is 0 Å². The lowest BCUT2D eigenvalue weighted by Crippen LogP contribution is -2.37. The second-order valence-electron chi connectivity index (χ2n) is 6.15. The number of amides is 1. The van der Waals surface area contributed by atoms with Crippen LogP contribution < -0.4 is 10.6 Å². The zero-order valence-corrected chi connectivity index (χ0v) is 13.9. The summed E-state index contributed by atoms with van der Waals surface area (Å²) < 4.78 is 1.89. The molecule has 1 aromatic heterocycles. The van der Waals surface area contributed by atoms with Gasteiger partial charge in [0.15, 0.2) is 0 Å². The van der Waals surface area contributed by atoms with Crippen LogP contribution in [0.1, 0.15) is 44.0 Å². The third-order valence-corrected chi connectivity index (χ3v) is 4.51. The van der Waals surface area contributed by atoms with E-state index in [1.807, 2.05) is 25.5 Å². The highest BCUT2D eigenvalue weighted by molar-refractivity contribution is 5.93. The number of nitrogens with one attached hydrogen (secondary N) is 2. The minimum absolute atomic E-state index is 0.0628. The van der Waals surface area contributed by atoms with E-state index in [1.54, 1.807) is 0 Å². The minimum Gasteiger partial charge on any atom is -0.393 e. The molecular formula is C16H28N4O2. The van der Waals surface area contributed by atoms with Gasteiger partial charge < -0.3 is 15.7 Å². The Bertz CT molecular complexity index is 512. The molecule has 0 saturated heterocycles. The Morgan fingerprint density at radius 1 is 1.36 bits per heavy atom. The summed E-state index contributed by atoms with van der Waals surface area (Å²) in [6.45, 7) is 7.65. The zero-order valence-electron chi connectivity index (χ0n) is 13.9. The summed E-state index contributed by atoms with van der Waals surface area (Å²) in [5, 5.41) is 20.4. The first-order chi connectivity index (χ1) is 10.5. The molecular weight excluding hydrogens is 280 g/mol. The number of rotatable bonds is 6. The maximum absolute atomic E-state index is 12.1. The van der Waals surface area contributed by atoms with Crippen LogP contribution >= 0.6 is 0 Å². The fourth-order valence-electron chi connectivity index (χ4n) is 3.17. The molecule has 6 nitrogen and oxygen atoms in total. The summed E-state index contributed by atoms with van der Waals surface area (Å²) in [4.78, 5) is 12.1. The van der Waals surface area contributed by atoms with Crippen molar-refractivity contribution < 1.29 is 9.90 Å². The Morgan fingerprint density at radius 2 is 2.09 bits per heavy atom. The molecule has 1 saturated carbocycles. The number of aryl methyl sites for hydroxylation is 2. The SMILES string of the molecule is CCn1nc(C)c(NC(=O)CNC[C@H]2CCCC[C@H]2O)c1C. The molecule has 0 radical (unpaired) electrons. The molecule has 1 fully saturated rings. The van der Waals surface area contributed by atoms with Gasteiger partial charge in [0.25, 0.3) is 0 Å². The molecule has 1 amide bonds. The Kier molecular flexibility index (Phi) is 5.97. The number of hydrogen-bond donors (Lipinski definition) is 3. The highest BCUT2D eigenvalue weighted by Crippen LogP contribution is 2.23. The molecule has 0 bridgehead atoms. The number of carbonyl (C=O) groups is 1. The third kappa shape index (κ3) is 4.08. The van der Waals surface area contributed by atoms with E-state index >= 15 is 0 Å². The maximum atomic E-state index is 12.1. The topological polar surface area (TPSA) is 79.2 Å². The summed E-state index contributed by atoms with van der Waals surface area (Å²) in [5.74, 6) is 0.208. The lowest BCUT2D eigenvalue weighted by molar-refractivity contribution is -0.115. The van der Waals surface area contributed by atoms with Crippen LogP contribution in [0.5, 0.6) is 0 Å². The van der Waals surface area contributed by atoms with Crippen molar-refractivity contribution >= 4 is 11.6 Å². The van der Waals surface area contributed by atoms with E-state index in [9.17, 15) is 9.90 Å². The Morgan fingerprint density at radius 3 is 2.73 bits per heavy atom. The Labute approximate surface area is 132 Å². The van der Waals surface area contributed by atoms with Crippen molar-refractivity contribution in [1.29, 1.82) is 0 Å². The molecule has 1 aromatic rings. The van der Waals surface area contributed by atoms with Crippen molar-refractivity contribution in [3.8, 4) is 0 Å². The number of carbonyl (C=O) groups excluding carboxylic acids is 1. The van der Waals surface area contributed by atoms with Crippen molar-refractivity contribution in [2.45, 2.75) is 59.1 Å². The van der Waals surface area contributed by atoms with E-state index in [2.05, 4.69) is 15.7 Å². The zero-order chi connectivity index (χ0) is 16.1. The highest BCUT2D eigenvalue weighted by Gasteiger charge is 2.22. The molecule has 2 atom stereocenters. The molecule has 3 N–H and O–H groups in total. The molecule has 124 valence electrons.